The number of rotatable bonds is 8. The second-order valence-electron chi connectivity index (χ2n) is 4.61. The Kier molecular flexibility index (Phi) is 7.26. The Bertz CT molecular complexity index is 471. The molecule has 0 bridgehead atoms. The molecular formula is C13H18BrClN2O3. The normalized spacial score (nSPS) is 12.2. The molecule has 0 fully saturated rings. The molecular weight excluding hydrogens is 348 g/mol. The molecule has 1 atom stereocenters. The van der Waals surface area contributed by atoms with Crippen LogP contribution in [0.2, 0.25) is 5.02 Å². The van der Waals surface area contributed by atoms with Crippen molar-refractivity contribution in [2.75, 3.05) is 19.7 Å². The molecule has 0 saturated carbocycles. The van der Waals surface area contributed by atoms with Crippen LogP contribution in [-0.2, 0) is 0 Å². The van der Waals surface area contributed by atoms with Gasteiger partial charge in [0, 0.05) is 23.6 Å². The summed E-state index contributed by atoms with van der Waals surface area (Å²) in [5.41, 5.74) is -0.127. The molecule has 1 aromatic rings. The Labute approximate surface area is 131 Å². The van der Waals surface area contributed by atoms with Crippen LogP contribution < -0.4 is 10.1 Å². The molecule has 0 amide bonds. The Hall–Kier alpha value is -0.850. The number of nitro groups is 1. The Morgan fingerprint density at radius 3 is 2.85 bits per heavy atom. The predicted molar refractivity (Wildman–Crippen MR) is 83.6 cm³/mol. The molecule has 20 heavy (non-hydrogen) atoms. The van der Waals surface area contributed by atoms with Gasteiger partial charge in [0.15, 0.2) is 0 Å². The van der Waals surface area contributed by atoms with Crippen LogP contribution in [0.5, 0.6) is 5.75 Å². The van der Waals surface area contributed by atoms with Crippen LogP contribution in [0.15, 0.2) is 16.6 Å². The van der Waals surface area contributed by atoms with Gasteiger partial charge in [0.05, 0.1) is 16.0 Å². The second kappa shape index (κ2) is 8.44. The van der Waals surface area contributed by atoms with Crippen molar-refractivity contribution >= 4 is 33.2 Å². The lowest BCUT2D eigenvalue weighted by atomic mass is 10.2. The van der Waals surface area contributed by atoms with Gasteiger partial charge in [-0.15, -0.1) is 0 Å². The monoisotopic (exact) mass is 364 g/mol. The predicted octanol–water partition coefficient (Wildman–Crippen LogP) is 4.03. The van der Waals surface area contributed by atoms with Crippen LogP contribution in [0.25, 0.3) is 0 Å². The minimum absolute atomic E-state index is 0.127. The van der Waals surface area contributed by atoms with Gasteiger partial charge in [-0.3, -0.25) is 10.1 Å². The number of benzene rings is 1. The summed E-state index contributed by atoms with van der Waals surface area (Å²) in [6, 6.07) is 2.88. The van der Waals surface area contributed by atoms with Crippen molar-refractivity contribution in [3.05, 3.63) is 31.7 Å². The van der Waals surface area contributed by atoms with Crippen molar-refractivity contribution in [1.29, 1.82) is 0 Å². The van der Waals surface area contributed by atoms with E-state index in [2.05, 4.69) is 28.2 Å². The van der Waals surface area contributed by atoms with Gasteiger partial charge in [-0.2, -0.15) is 0 Å². The number of ether oxygens (including phenoxy) is 1. The molecule has 0 aromatic heterocycles. The SMILES string of the molecule is CCCNCC(C)COc1c(Br)cc(Cl)cc1[N+](=O)[O-]. The van der Waals surface area contributed by atoms with Gasteiger partial charge in [0.2, 0.25) is 5.75 Å². The molecule has 5 nitrogen and oxygen atoms in total. The smallest absolute Gasteiger partial charge is 0.313 e. The lowest BCUT2D eigenvalue weighted by molar-refractivity contribution is -0.386. The zero-order valence-corrected chi connectivity index (χ0v) is 13.8. The zero-order chi connectivity index (χ0) is 15.1. The number of nitro benzene ring substituents is 1. The Morgan fingerprint density at radius 2 is 2.25 bits per heavy atom. The van der Waals surface area contributed by atoms with E-state index in [0.717, 1.165) is 19.5 Å². The summed E-state index contributed by atoms with van der Waals surface area (Å²) in [6.07, 6.45) is 1.07. The van der Waals surface area contributed by atoms with E-state index >= 15 is 0 Å². The van der Waals surface area contributed by atoms with Crippen LogP contribution in [0.1, 0.15) is 20.3 Å². The molecule has 1 rings (SSSR count). The molecule has 0 radical (unpaired) electrons. The van der Waals surface area contributed by atoms with E-state index in [-0.39, 0.29) is 17.4 Å². The maximum atomic E-state index is 11.0. The van der Waals surface area contributed by atoms with Crippen molar-refractivity contribution in [2.45, 2.75) is 20.3 Å². The fourth-order valence-electron chi connectivity index (χ4n) is 1.64. The molecule has 112 valence electrons. The van der Waals surface area contributed by atoms with Crippen molar-refractivity contribution < 1.29 is 9.66 Å². The number of hydrogen-bond donors (Lipinski definition) is 1. The molecule has 1 aromatic carbocycles. The van der Waals surface area contributed by atoms with E-state index < -0.39 is 4.92 Å². The van der Waals surface area contributed by atoms with Gasteiger partial charge in [0.25, 0.3) is 0 Å². The van der Waals surface area contributed by atoms with E-state index in [1.54, 1.807) is 6.07 Å². The summed E-state index contributed by atoms with van der Waals surface area (Å²) in [5, 5.41) is 14.6. The molecule has 0 saturated heterocycles. The minimum Gasteiger partial charge on any atom is -0.486 e. The summed E-state index contributed by atoms with van der Waals surface area (Å²) >= 11 is 9.06. The summed E-state index contributed by atoms with van der Waals surface area (Å²) < 4.78 is 6.08. The first-order valence-electron chi connectivity index (χ1n) is 6.42. The summed E-state index contributed by atoms with van der Waals surface area (Å²) in [5.74, 6) is 0.477. The molecule has 0 aliphatic rings. The van der Waals surface area contributed by atoms with E-state index in [0.29, 0.717) is 16.1 Å². The first-order chi connectivity index (χ1) is 9.45. The van der Waals surface area contributed by atoms with Crippen molar-refractivity contribution in [3.8, 4) is 5.75 Å². The average molecular weight is 366 g/mol. The highest BCUT2D eigenvalue weighted by Crippen LogP contribution is 2.38. The van der Waals surface area contributed by atoms with Gasteiger partial charge in [0.1, 0.15) is 0 Å². The van der Waals surface area contributed by atoms with E-state index in [4.69, 9.17) is 16.3 Å². The minimum atomic E-state index is -0.494. The second-order valence-corrected chi connectivity index (χ2v) is 5.90. The summed E-state index contributed by atoms with van der Waals surface area (Å²) in [6.45, 7) is 6.29. The molecule has 7 heteroatoms. The third-order valence-electron chi connectivity index (χ3n) is 2.62. The number of halogens is 2. The van der Waals surface area contributed by atoms with Gasteiger partial charge in [-0.1, -0.05) is 25.4 Å². The average Bonchev–Trinajstić information content (AvgIpc) is 2.37. The van der Waals surface area contributed by atoms with E-state index in [1.807, 2.05) is 6.92 Å². The Balaban J connectivity index is 2.70. The largest absolute Gasteiger partial charge is 0.486 e. The van der Waals surface area contributed by atoms with Crippen LogP contribution in [0.4, 0.5) is 5.69 Å². The van der Waals surface area contributed by atoms with E-state index in [9.17, 15) is 10.1 Å². The van der Waals surface area contributed by atoms with Crippen molar-refractivity contribution in [2.24, 2.45) is 5.92 Å². The first kappa shape index (κ1) is 17.2. The van der Waals surface area contributed by atoms with Crippen LogP contribution in [0.3, 0.4) is 0 Å². The lowest BCUT2D eigenvalue weighted by Gasteiger charge is -2.14. The highest BCUT2D eigenvalue weighted by Gasteiger charge is 2.20. The van der Waals surface area contributed by atoms with E-state index in [1.165, 1.54) is 6.07 Å². The molecule has 1 N–H and O–H groups in total. The van der Waals surface area contributed by atoms with Gasteiger partial charge in [-0.05, 0) is 35.0 Å². The fourth-order valence-corrected chi connectivity index (χ4v) is 2.54. The molecule has 0 heterocycles. The first-order valence-corrected chi connectivity index (χ1v) is 7.59. The molecule has 0 spiro atoms. The van der Waals surface area contributed by atoms with Crippen LogP contribution in [0, 0.1) is 16.0 Å². The fraction of sp³-hybridized carbons (Fsp3) is 0.538. The third-order valence-corrected chi connectivity index (χ3v) is 3.42. The van der Waals surface area contributed by atoms with Crippen LogP contribution in [-0.4, -0.2) is 24.6 Å². The maximum Gasteiger partial charge on any atom is 0.313 e. The topological polar surface area (TPSA) is 64.4 Å². The highest BCUT2D eigenvalue weighted by atomic mass is 79.9. The lowest BCUT2D eigenvalue weighted by Crippen LogP contribution is -2.25. The summed E-state index contributed by atoms with van der Waals surface area (Å²) in [7, 11) is 0. The van der Waals surface area contributed by atoms with Gasteiger partial charge >= 0.3 is 5.69 Å². The standard InChI is InChI=1S/C13H18BrClN2O3/c1-3-4-16-7-9(2)8-20-13-11(14)5-10(15)6-12(13)17(18)19/h5-6,9,16H,3-4,7-8H2,1-2H3. The highest BCUT2D eigenvalue weighted by molar-refractivity contribution is 9.10. The van der Waals surface area contributed by atoms with Crippen molar-refractivity contribution in [3.63, 3.8) is 0 Å². The summed E-state index contributed by atoms with van der Waals surface area (Å²) in [4.78, 5) is 10.5. The van der Waals surface area contributed by atoms with Gasteiger partial charge < -0.3 is 10.1 Å². The molecule has 1 unspecified atom stereocenters. The number of nitrogens with one attached hydrogen (secondary N) is 1. The van der Waals surface area contributed by atoms with Crippen LogP contribution >= 0.6 is 27.5 Å². The maximum absolute atomic E-state index is 11.0. The number of hydrogen-bond acceptors (Lipinski definition) is 4. The Morgan fingerprint density at radius 1 is 1.55 bits per heavy atom. The van der Waals surface area contributed by atoms with Crippen molar-refractivity contribution in [1.82, 2.24) is 5.32 Å². The quantitative estimate of drug-likeness (QED) is 0.429. The zero-order valence-electron chi connectivity index (χ0n) is 11.5. The molecule has 0 aliphatic carbocycles. The number of nitrogens with zero attached hydrogens (tertiary/aromatic N) is 1. The third kappa shape index (κ3) is 5.26. The van der Waals surface area contributed by atoms with Gasteiger partial charge in [-0.25, -0.2) is 0 Å². The molecule has 0 aliphatic heterocycles.